The molecule has 0 N–H and O–H groups in total. The molecule has 1 heterocycles. The fourth-order valence-corrected chi connectivity index (χ4v) is 0.729. The molecule has 48 valence electrons. The van der Waals surface area contributed by atoms with Crippen LogP contribution in [0.5, 0.6) is 0 Å². The summed E-state index contributed by atoms with van der Waals surface area (Å²) in [6.45, 7) is -0.471. The van der Waals surface area contributed by atoms with Crippen LogP contribution in [0.15, 0.2) is 23.4 Å². The van der Waals surface area contributed by atoms with Gasteiger partial charge in [0.25, 0.3) is 0 Å². The first kappa shape index (κ1) is 6.55. The van der Waals surface area contributed by atoms with Gasteiger partial charge in [-0.1, -0.05) is 0 Å². The van der Waals surface area contributed by atoms with Gasteiger partial charge in [-0.25, -0.2) is 4.39 Å². The van der Waals surface area contributed by atoms with Crippen LogP contribution in [0.1, 0.15) is 5.56 Å². The Labute approximate surface area is 58.3 Å². The Morgan fingerprint density at radius 2 is 2.44 bits per heavy atom. The van der Waals surface area contributed by atoms with Crippen LogP contribution in [0, 0.1) is 0 Å². The van der Waals surface area contributed by atoms with E-state index in [0.717, 1.165) is 0 Å². The van der Waals surface area contributed by atoms with E-state index in [0.29, 0.717) is 10.5 Å². The zero-order chi connectivity index (χ0) is 6.69. The number of nitrogens with zero attached hydrogens (tertiary/aromatic N) is 1. The molecule has 1 nitrogen and oxygen atoms in total. The number of alkyl halides is 1. The zero-order valence-electron chi connectivity index (χ0n) is 4.71. The second-order valence-corrected chi connectivity index (χ2v) is 2.12. The fourth-order valence-electron chi connectivity index (χ4n) is 0.528. The van der Waals surface area contributed by atoms with Gasteiger partial charge in [0.15, 0.2) is 0 Å². The second-order valence-electron chi connectivity index (χ2n) is 1.64. The molecule has 0 spiro atoms. The van der Waals surface area contributed by atoms with Crippen LogP contribution in [0.25, 0.3) is 0 Å². The maximum Gasteiger partial charge on any atom is 0.116 e. The molecule has 0 saturated heterocycles. The van der Waals surface area contributed by atoms with Crippen LogP contribution >= 0.6 is 12.6 Å². The van der Waals surface area contributed by atoms with Gasteiger partial charge < -0.3 is 0 Å². The van der Waals surface area contributed by atoms with Gasteiger partial charge >= 0.3 is 0 Å². The van der Waals surface area contributed by atoms with Crippen LogP contribution in [0.4, 0.5) is 4.39 Å². The summed E-state index contributed by atoms with van der Waals surface area (Å²) in [5, 5.41) is 0. The van der Waals surface area contributed by atoms with Crippen molar-refractivity contribution in [3.8, 4) is 0 Å². The van der Waals surface area contributed by atoms with Crippen molar-refractivity contribution in [1.82, 2.24) is 4.98 Å². The minimum atomic E-state index is -0.471. The topological polar surface area (TPSA) is 12.9 Å². The summed E-state index contributed by atoms with van der Waals surface area (Å²) in [6, 6.07) is 1.61. The highest BCUT2D eigenvalue weighted by molar-refractivity contribution is 7.80. The Kier molecular flexibility index (Phi) is 2.05. The van der Waals surface area contributed by atoms with Crippen molar-refractivity contribution in [2.24, 2.45) is 0 Å². The lowest BCUT2D eigenvalue weighted by atomic mass is 10.3. The van der Waals surface area contributed by atoms with E-state index in [9.17, 15) is 4.39 Å². The summed E-state index contributed by atoms with van der Waals surface area (Å²) in [7, 11) is 0. The summed E-state index contributed by atoms with van der Waals surface area (Å²) in [5.41, 5.74) is 0.591. The molecular weight excluding hydrogens is 137 g/mol. The van der Waals surface area contributed by atoms with Crippen molar-refractivity contribution >= 4 is 12.6 Å². The molecule has 3 heteroatoms. The van der Waals surface area contributed by atoms with E-state index in [1.807, 2.05) is 0 Å². The van der Waals surface area contributed by atoms with Crippen molar-refractivity contribution < 1.29 is 4.39 Å². The van der Waals surface area contributed by atoms with E-state index in [4.69, 9.17) is 0 Å². The van der Waals surface area contributed by atoms with Gasteiger partial charge in [-0.05, 0) is 11.6 Å². The van der Waals surface area contributed by atoms with Crippen molar-refractivity contribution in [3.05, 3.63) is 24.0 Å². The first-order chi connectivity index (χ1) is 4.34. The van der Waals surface area contributed by atoms with Gasteiger partial charge in [-0.2, -0.15) is 0 Å². The molecule has 0 aliphatic carbocycles. The third-order valence-electron chi connectivity index (χ3n) is 1.03. The smallest absolute Gasteiger partial charge is 0.116 e. The first-order valence-corrected chi connectivity index (χ1v) is 2.97. The molecule has 0 aliphatic rings. The molecule has 0 unspecified atom stereocenters. The molecule has 0 fully saturated rings. The van der Waals surface area contributed by atoms with E-state index in [-0.39, 0.29) is 0 Å². The third kappa shape index (κ3) is 1.42. The van der Waals surface area contributed by atoms with E-state index in [2.05, 4.69) is 17.6 Å². The third-order valence-corrected chi connectivity index (χ3v) is 1.43. The molecule has 0 amide bonds. The molecule has 0 aromatic carbocycles. The minimum Gasteiger partial charge on any atom is -0.264 e. The Hall–Kier alpha value is -0.570. The summed E-state index contributed by atoms with van der Waals surface area (Å²) in [6.07, 6.45) is 3.08. The van der Waals surface area contributed by atoms with Crippen molar-refractivity contribution in [2.45, 2.75) is 11.6 Å². The van der Waals surface area contributed by atoms with Crippen LogP contribution in [-0.2, 0) is 6.67 Å². The second kappa shape index (κ2) is 2.82. The van der Waals surface area contributed by atoms with Crippen LogP contribution < -0.4 is 0 Å². The molecule has 0 atom stereocenters. The molecule has 0 saturated carbocycles. The lowest BCUT2D eigenvalue weighted by Gasteiger charge is -1.94. The highest BCUT2D eigenvalue weighted by atomic mass is 32.1. The maximum atomic E-state index is 11.9. The quantitative estimate of drug-likeness (QED) is 0.592. The van der Waals surface area contributed by atoms with Gasteiger partial charge in [-0.15, -0.1) is 12.6 Å². The number of pyridine rings is 1. The first-order valence-electron chi connectivity index (χ1n) is 2.52. The summed E-state index contributed by atoms with van der Waals surface area (Å²) in [5.74, 6) is 0. The number of thiol groups is 1. The Bertz CT molecular complexity index is 202. The van der Waals surface area contributed by atoms with E-state index >= 15 is 0 Å². The molecule has 0 aliphatic heterocycles. The monoisotopic (exact) mass is 143 g/mol. The number of rotatable bonds is 1. The Balaban J connectivity index is 3.01. The molecule has 1 rings (SSSR count). The van der Waals surface area contributed by atoms with E-state index in [1.54, 1.807) is 12.3 Å². The molecular formula is C6H6FNS. The zero-order valence-corrected chi connectivity index (χ0v) is 5.61. The van der Waals surface area contributed by atoms with Crippen LogP contribution in [0.3, 0.4) is 0 Å². The minimum absolute atomic E-state index is 0.471. The number of halogens is 1. The average Bonchev–Trinajstić information content (AvgIpc) is 1.89. The van der Waals surface area contributed by atoms with Gasteiger partial charge in [0, 0.05) is 17.3 Å². The van der Waals surface area contributed by atoms with Crippen molar-refractivity contribution in [3.63, 3.8) is 0 Å². The average molecular weight is 143 g/mol. The number of hydrogen-bond donors (Lipinski definition) is 1. The summed E-state index contributed by atoms with van der Waals surface area (Å²) in [4.78, 5) is 4.36. The van der Waals surface area contributed by atoms with Crippen LogP contribution in [0.2, 0.25) is 0 Å². The molecule has 1 aromatic heterocycles. The van der Waals surface area contributed by atoms with Crippen molar-refractivity contribution in [2.75, 3.05) is 0 Å². The maximum absolute atomic E-state index is 11.9. The van der Waals surface area contributed by atoms with Gasteiger partial charge in [0.1, 0.15) is 6.67 Å². The SMILES string of the molecule is FCc1ccncc1S. The highest BCUT2D eigenvalue weighted by Gasteiger charge is 1.93. The van der Waals surface area contributed by atoms with Crippen molar-refractivity contribution in [1.29, 1.82) is 0 Å². The van der Waals surface area contributed by atoms with Gasteiger partial charge in [-0.3, -0.25) is 4.98 Å². The molecule has 1 aromatic rings. The normalized spacial score (nSPS) is 9.56. The predicted octanol–water partition coefficient (Wildman–Crippen LogP) is 1.84. The lowest BCUT2D eigenvalue weighted by Crippen LogP contribution is -1.81. The predicted molar refractivity (Wildman–Crippen MR) is 36.3 cm³/mol. The van der Waals surface area contributed by atoms with Gasteiger partial charge in [0.2, 0.25) is 0 Å². The lowest BCUT2D eigenvalue weighted by molar-refractivity contribution is 0.479. The Morgan fingerprint density at radius 3 is 2.89 bits per heavy atom. The van der Waals surface area contributed by atoms with E-state index < -0.39 is 6.67 Å². The molecule has 0 radical (unpaired) electrons. The summed E-state index contributed by atoms with van der Waals surface area (Å²) >= 11 is 3.98. The van der Waals surface area contributed by atoms with E-state index in [1.165, 1.54) is 6.20 Å². The summed E-state index contributed by atoms with van der Waals surface area (Å²) < 4.78 is 11.9. The van der Waals surface area contributed by atoms with Gasteiger partial charge in [0.05, 0.1) is 0 Å². The van der Waals surface area contributed by atoms with Crippen LogP contribution in [-0.4, -0.2) is 4.98 Å². The molecule has 9 heavy (non-hydrogen) atoms. The number of aromatic nitrogens is 1. The largest absolute Gasteiger partial charge is 0.264 e. The number of hydrogen-bond acceptors (Lipinski definition) is 2. The standard InChI is InChI=1S/C6H6FNS/c7-3-5-1-2-8-4-6(5)9/h1-2,4,9H,3H2. The highest BCUT2D eigenvalue weighted by Crippen LogP contribution is 2.11. The molecule has 0 bridgehead atoms. The fraction of sp³-hybridized carbons (Fsp3) is 0.167. The Morgan fingerprint density at radius 1 is 1.67 bits per heavy atom.